The molecule has 88 valence electrons. The van der Waals surface area contributed by atoms with Gasteiger partial charge in [0.25, 0.3) is 0 Å². The van der Waals surface area contributed by atoms with Gasteiger partial charge in [-0.1, -0.05) is 26.2 Å². The van der Waals surface area contributed by atoms with E-state index >= 15 is 0 Å². The summed E-state index contributed by atoms with van der Waals surface area (Å²) in [7, 11) is 0. The number of hydrogen-bond acceptors (Lipinski definition) is 2. The predicted octanol–water partition coefficient (Wildman–Crippen LogP) is 2.11. The second-order valence-corrected chi connectivity index (χ2v) is 3.89. The Morgan fingerprint density at radius 3 is 2.53 bits per heavy atom. The first kappa shape index (κ1) is 14.5. The minimum Gasteiger partial charge on any atom is -0.317 e. The Morgan fingerprint density at radius 1 is 1.13 bits per heavy atom. The van der Waals surface area contributed by atoms with Crippen LogP contribution in [-0.4, -0.2) is 37.6 Å². The quantitative estimate of drug-likeness (QED) is 0.439. The first-order valence-electron chi connectivity index (χ1n) is 6.21. The van der Waals surface area contributed by atoms with Crippen molar-refractivity contribution < 1.29 is 0 Å². The van der Waals surface area contributed by atoms with E-state index in [1.165, 1.54) is 25.7 Å². The molecule has 0 atom stereocenters. The maximum absolute atomic E-state index is 5.33. The summed E-state index contributed by atoms with van der Waals surface area (Å²) in [4.78, 5) is 2.37. The van der Waals surface area contributed by atoms with Crippen LogP contribution in [0.2, 0.25) is 0 Å². The third kappa shape index (κ3) is 9.78. The van der Waals surface area contributed by atoms with Gasteiger partial charge in [-0.25, -0.2) is 0 Å². The summed E-state index contributed by atoms with van der Waals surface area (Å²) in [5.41, 5.74) is 0. The molecular weight excluding hydrogens is 184 g/mol. The highest BCUT2D eigenvalue weighted by Gasteiger charge is 2.00. The minimum absolute atomic E-state index is 0.807. The molecule has 0 aromatic rings. The van der Waals surface area contributed by atoms with Gasteiger partial charge in [-0.05, 0) is 45.4 Å². The Kier molecular flexibility index (Phi) is 11.2. The number of nitrogens with one attached hydrogen (secondary N) is 1. The molecule has 1 N–H and O–H groups in total. The van der Waals surface area contributed by atoms with Crippen LogP contribution in [0.4, 0.5) is 0 Å². The topological polar surface area (TPSA) is 15.3 Å². The summed E-state index contributed by atoms with van der Waals surface area (Å²) in [6, 6.07) is 0. The Balaban J connectivity index is 3.33. The van der Waals surface area contributed by atoms with E-state index in [9.17, 15) is 0 Å². The summed E-state index contributed by atoms with van der Waals surface area (Å²) in [6.07, 6.45) is 10.4. The smallest absolute Gasteiger partial charge is 0.0598 e. The largest absolute Gasteiger partial charge is 0.317 e. The summed E-state index contributed by atoms with van der Waals surface area (Å²) in [5, 5.41) is 3.34. The second kappa shape index (κ2) is 11.6. The number of unbranched alkanes of at least 4 members (excludes halogenated alkanes) is 2. The van der Waals surface area contributed by atoms with Gasteiger partial charge in [-0.2, -0.15) is 0 Å². The van der Waals surface area contributed by atoms with E-state index in [2.05, 4.69) is 30.0 Å². The van der Waals surface area contributed by atoms with E-state index < -0.39 is 0 Å². The van der Waals surface area contributed by atoms with Gasteiger partial charge in [0.05, 0.1) is 6.54 Å². The van der Waals surface area contributed by atoms with Gasteiger partial charge in [0, 0.05) is 0 Å². The number of nitrogens with zero attached hydrogens (tertiary/aromatic N) is 1. The Hall–Kier alpha value is -0.520. The Bertz CT molecular complexity index is 160. The van der Waals surface area contributed by atoms with Crippen molar-refractivity contribution in [1.82, 2.24) is 10.2 Å². The summed E-state index contributed by atoms with van der Waals surface area (Å²) < 4.78 is 0. The molecule has 0 rings (SSSR count). The summed E-state index contributed by atoms with van der Waals surface area (Å²) >= 11 is 0. The van der Waals surface area contributed by atoms with Crippen LogP contribution in [0.25, 0.3) is 0 Å². The lowest BCUT2D eigenvalue weighted by Crippen LogP contribution is -2.26. The van der Waals surface area contributed by atoms with Crippen LogP contribution in [-0.2, 0) is 0 Å². The molecule has 0 saturated heterocycles. The molecule has 0 heterocycles. The molecule has 0 aliphatic carbocycles. The van der Waals surface area contributed by atoms with Gasteiger partial charge in [0.15, 0.2) is 0 Å². The maximum Gasteiger partial charge on any atom is 0.0598 e. The monoisotopic (exact) mass is 210 g/mol. The standard InChI is InChI=1S/C13H26N2/c1-4-11-15(12-5-2)13-9-7-8-10-14-6-3/h1,14H,5-13H2,2-3H3. The van der Waals surface area contributed by atoms with Crippen LogP contribution < -0.4 is 5.32 Å². The van der Waals surface area contributed by atoms with Gasteiger partial charge >= 0.3 is 0 Å². The highest BCUT2D eigenvalue weighted by Crippen LogP contribution is 1.99. The van der Waals surface area contributed by atoms with E-state index in [4.69, 9.17) is 6.42 Å². The van der Waals surface area contributed by atoms with Crippen molar-refractivity contribution in [3.8, 4) is 12.3 Å². The van der Waals surface area contributed by atoms with Crippen LogP contribution in [0.15, 0.2) is 0 Å². The molecule has 0 aromatic carbocycles. The lowest BCUT2D eigenvalue weighted by atomic mass is 10.2. The SMILES string of the molecule is C#CCN(CCC)CCCCCNCC. The molecule has 2 nitrogen and oxygen atoms in total. The molecule has 0 fully saturated rings. The normalized spacial score (nSPS) is 10.5. The molecule has 0 unspecified atom stereocenters. The lowest BCUT2D eigenvalue weighted by molar-refractivity contribution is 0.299. The predicted molar refractivity (Wildman–Crippen MR) is 68.0 cm³/mol. The molecule has 2 heteroatoms. The first-order valence-corrected chi connectivity index (χ1v) is 6.21. The van der Waals surface area contributed by atoms with Crippen molar-refractivity contribution in [2.75, 3.05) is 32.7 Å². The lowest BCUT2D eigenvalue weighted by Gasteiger charge is -2.18. The average molecular weight is 210 g/mol. The van der Waals surface area contributed by atoms with Crippen molar-refractivity contribution in [3.05, 3.63) is 0 Å². The molecule has 0 radical (unpaired) electrons. The van der Waals surface area contributed by atoms with Crippen LogP contribution in [0, 0.1) is 12.3 Å². The van der Waals surface area contributed by atoms with E-state index in [0.29, 0.717) is 0 Å². The van der Waals surface area contributed by atoms with Gasteiger partial charge in [0.2, 0.25) is 0 Å². The van der Waals surface area contributed by atoms with E-state index in [1.807, 2.05) is 0 Å². The highest BCUT2D eigenvalue weighted by atomic mass is 15.1. The molecule has 0 spiro atoms. The molecule has 0 saturated carbocycles. The zero-order chi connectivity index (χ0) is 11.4. The van der Waals surface area contributed by atoms with Crippen molar-refractivity contribution in [1.29, 1.82) is 0 Å². The minimum atomic E-state index is 0.807. The van der Waals surface area contributed by atoms with Crippen molar-refractivity contribution in [2.45, 2.75) is 39.5 Å². The fraction of sp³-hybridized carbons (Fsp3) is 0.846. The van der Waals surface area contributed by atoms with Crippen LogP contribution >= 0.6 is 0 Å². The van der Waals surface area contributed by atoms with E-state index in [1.54, 1.807) is 0 Å². The summed E-state index contributed by atoms with van der Waals surface area (Å²) in [5.74, 6) is 2.73. The van der Waals surface area contributed by atoms with Crippen molar-refractivity contribution in [2.24, 2.45) is 0 Å². The van der Waals surface area contributed by atoms with Crippen molar-refractivity contribution in [3.63, 3.8) is 0 Å². The molecule has 0 aromatic heterocycles. The number of terminal acetylenes is 1. The van der Waals surface area contributed by atoms with Crippen molar-refractivity contribution >= 4 is 0 Å². The third-order valence-corrected chi connectivity index (χ3v) is 2.43. The van der Waals surface area contributed by atoms with Gasteiger partial charge in [-0.15, -0.1) is 6.42 Å². The van der Waals surface area contributed by atoms with E-state index in [-0.39, 0.29) is 0 Å². The molecule has 0 aliphatic heterocycles. The van der Waals surface area contributed by atoms with Gasteiger partial charge in [-0.3, -0.25) is 4.90 Å². The fourth-order valence-electron chi connectivity index (χ4n) is 1.65. The molecule has 15 heavy (non-hydrogen) atoms. The van der Waals surface area contributed by atoms with Crippen LogP contribution in [0.1, 0.15) is 39.5 Å². The van der Waals surface area contributed by atoms with Crippen LogP contribution in [0.3, 0.4) is 0 Å². The van der Waals surface area contributed by atoms with Gasteiger partial charge in [0.1, 0.15) is 0 Å². The molecule has 0 amide bonds. The highest BCUT2D eigenvalue weighted by molar-refractivity contribution is 4.87. The maximum atomic E-state index is 5.33. The molecular formula is C13H26N2. The first-order chi connectivity index (χ1) is 7.35. The second-order valence-electron chi connectivity index (χ2n) is 3.89. The molecule has 0 aliphatic rings. The van der Waals surface area contributed by atoms with E-state index in [0.717, 1.165) is 32.7 Å². The Labute approximate surface area is 95.4 Å². The zero-order valence-corrected chi connectivity index (χ0v) is 10.4. The zero-order valence-electron chi connectivity index (χ0n) is 10.4. The molecule has 0 bridgehead atoms. The summed E-state index contributed by atoms with van der Waals surface area (Å²) in [6.45, 7) is 9.69. The average Bonchev–Trinajstić information content (AvgIpc) is 2.24. The fourth-order valence-corrected chi connectivity index (χ4v) is 1.65. The number of hydrogen-bond donors (Lipinski definition) is 1. The van der Waals surface area contributed by atoms with Gasteiger partial charge < -0.3 is 5.32 Å². The third-order valence-electron chi connectivity index (χ3n) is 2.43. The Morgan fingerprint density at radius 2 is 1.93 bits per heavy atom. The number of rotatable bonds is 10. The van der Waals surface area contributed by atoms with Crippen LogP contribution in [0.5, 0.6) is 0 Å².